The Balaban J connectivity index is 1.51. The minimum absolute atomic E-state index is 0.0424. The van der Waals surface area contributed by atoms with Crippen LogP contribution in [0.15, 0.2) is 65.8 Å². The van der Waals surface area contributed by atoms with Crippen LogP contribution in [-0.4, -0.2) is 39.8 Å². The Morgan fingerprint density at radius 1 is 0.935 bits per heavy atom. The van der Waals surface area contributed by atoms with Crippen LogP contribution >= 0.6 is 11.8 Å². The average molecular weight is 434 g/mol. The molecule has 1 aromatic heterocycles. The van der Waals surface area contributed by atoms with E-state index in [1.54, 1.807) is 0 Å². The normalized spacial score (nSPS) is 17.4. The van der Waals surface area contributed by atoms with Gasteiger partial charge in [0, 0.05) is 19.1 Å². The molecule has 7 heteroatoms. The highest BCUT2D eigenvalue weighted by Gasteiger charge is 2.31. The standard InChI is InChI=1S/C24H27N5OS/c30-22(25-19-14-15-19)21(18-10-4-1-5-11-18)31-24-27-26-23(28-16-8-3-9-17-28)29(24)20-12-6-2-7-13-20/h1-2,4-7,10-13,19,21H,3,8-9,14-17H2,(H,25,30)/t21-/m1/s1. The summed E-state index contributed by atoms with van der Waals surface area (Å²) in [4.78, 5) is 15.5. The van der Waals surface area contributed by atoms with Gasteiger partial charge in [-0.15, -0.1) is 10.2 Å². The Bertz CT molecular complexity index is 1010. The number of aromatic nitrogens is 3. The Hall–Kier alpha value is -2.80. The zero-order chi connectivity index (χ0) is 21.0. The maximum atomic E-state index is 13.2. The van der Waals surface area contributed by atoms with Gasteiger partial charge in [0.05, 0.1) is 5.69 Å². The van der Waals surface area contributed by atoms with Crippen molar-refractivity contribution in [1.29, 1.82) is 0 Å². The van der Waals surface area contributed by atoms with Crippen LogP contribution in [0.2, 0.25) is 0 Å². The topological polar surface area (TPSA) is 63.1 Å². The van der Waals surface area contributed by atoms with Crippen molar-refractivity contribution in [2.45, 2.75) is 48.6 Å². The number of anilines is 1. The highest BCUT2D eigenvalue weighted by molar-refractivity contribution is 8.00. The second kappa shape index (κ2) is 9.14. The number of piperidine rings is 1. The molecule has 1 N–H and O–H groups in total. The molecule has 3 aromatic rings. The lowest BCUT2D eigenvalue weighted by Gasteiger charge is -2.28. The third-order valence-electron chi connectivity index (χ3n) is 5.76. The van der Waals surface area contributed by atoms with Gasteiger partial charge in [0.2, 0.25) is 11.9 Å². The lowest BCUT2D eigenvalue weighted by molar-refractivity contribution is -0.120. The van der Waals surface area contributed by atoms with Crippen molar-refractivity contribution < 1.29 is 4.79 Å². The molecule has 0 radical (unpaired) electrons. The average Bonchev–Trinajstić information content (AvgIpc) is 3.54. The smallest absolute Gasteiger partial charge is 0.238 e. The van der Waals surface area contributed by atoms with Crippen molar-refractivity contribution in [2.75, 3.05) is 18.0 Å². The molecule has 1 amide bonds. The molecule has 2 heterocycles. The van der Waals surface area contributed by atoms with Crippen LogP contribution in [0.25, 0.3) is 5.69 Å². The third-order valence-corrected chi connectivity index (χ3v) is 6.95. The van der Waals surface area contributed by atoms with Crippen molar-refractivity contribution in [3.8, 4) is 5.69 Å². The summed E-state index contributed by atoms with van der Waals surface area (Å²) in [5.41, 5.74) is 2.00. The number of hydrogen-bond donors (Lipinski definition) is 1. The monoisotopic (exact) mass is 433 g/mol. The summed E-state index contributed by atoms with van der Waals surface area (Å²) in [5.74, 6) is 0.906. The van der Waals surface area contributed by atoms with Gasteiger partial charge in [0.1, 0.15) is 5.25 Å². The summed E-state index contributed by atoms with van der Waals surface area (Å²) < 4.78 is 2.11. The first kappa shape index (κ1) is 20.1. The summed E-state index contributed by atoms with van der Waals surface area (Å²) >= 11 is 1.48. The van der Waals surface area contributed by atoms with Crippen molar-refractivity contribution in [1.82, 2.24) is 20.1 Å². The summed E-state index contributed by atoms with van der Waals surface area (Å²) in [6.45, 7) is 1.97. The second-order valence-corrected chi connectivity index (χ2v) is 9.26. The molecular formula is C24H27N5OS. The van der Waals surface area contributed by atoms with Gasteiger partial charge < -0.3 is 10.2 Å². The molecule has 2 fully saturated rings. The second-order valence-electron chi connectivity index (χ2n) is 8.19. The van der Waals surface area contributed by atoms with Gasteiger partial charge in [-0.3, -0.25) is 9.36 Å². The van der Waals surface area contributed by atoms with E-state index in [0.717, 1.165) is 48.3 Å². The van der Waals surface area contributed by atoms with Gasteiger partial charge in [-0.25, -0.2) is 0 Å². The van der Waals surface area contributed by atoms with E-state index in [4.69, 9.17) is 0 Å². The fraction of sp³-hybridized carbons (Fsp3) is 0.375. The molecular weight excluding hydrogens is 406 g/mol. The first-order valence-electron chi connectivity index (χ1n) is 11.1. The maximum absolute atomic E-state index is 13.2. The molecule has 5 rings (SSSR count). The highest BCUT2D eigenvalue weighted by Crippen LogP contribution is 2.38. The van der Waals surface area contributed by atoms with E-state index in [2.05, 4.69) is 37.1 Å². The minimum Gasteiger partial charge on any atom is -0.352 e. The van der Waals surface area contributed by atoms with Gasteiger partial charge in [-0.2, -0.15) is 0 Å². The maximum Gasteiger partial charge on any atom is 0.238 e. The van der Waals surface area contributed by atoms with E-state index in [1.807, 2.05) is 48.5 Å². The third kappa shape index (κ3) is 4.61. The molecule has 2 aliphatic rings. The number of thioether (sulfide) groups is 1. The molecule has 1 atom stereocenters. The molecule has 1 saturated heterocycles. The van der Waals surface area contributed by atoms with E-state index >= 15 is 0 Å². The SMILES string of the molecule is O=C(NC1CC1)[C@H](Sc1nnc(N2CCCCC2)n1-c1ccccc1)c1ccccc1. The number of nitrogens with one attached hydrogen (secondary N) is 1. The molecule has 1 aliphatic heterocycles. The zero-order valence-electron chi connectivity index (χ0n) is 17.5. The molecule has 31 heavy (non-hydrogen) atoms. The lowest BCUT2D eigenvalue weighted by Crippen LogP contribution is -2.32. The molecule has 160 valence electrons. The molecule has 2 aromatic carbocycles. The highest BCUT2D eigenvalue weighted by atomic mass is 32.2. The van der Waals surface area contributed by atoms with Crippen molar-refractivity contribution in [3.63, 3.8) is 0 Å². The number of carbonyl (C=O) groups excluding carboxylic acids is 1. The van der Waals surface area contributed by atoms with E-state index in [9.17, 15) is 4.79 Å². The van der Waals surface area contributed by atoms with Gasteiger partial charge in [-0.05, 0) is 49.8 Å². The molecule has 1 aliphatic carbocycles. The number of benzene rings is 2. The van der Waals surface area contributed by atoms with E-state index in [-0.39, 0.29) is 11.2 Å². The largest absolute Gasteiger partial charge is 0.352 e. The summed E-state index contributed by atoms with van der Waals surface area (Å²) in [6, 6.07) is 20.5. The van der Waals surface area contributed by atoms with E-state index in [0.29, 0.717) is 6.04 Å². The molecule has 6 nitrogen and oxygen atoms in total. The number of hydrogen-bond acceptors (Lipinski definition) is 5. The van der Waals surface area contributed by atoms with Crippen LogP contribution in [0.4, 0.5) is 5.95 Å². The van der Waals surface area contributed by atoms with E-state index < -0.39 is 0 Å². The van der Waals surface area contributed by atoms with Gasteiger partial charge in [0.15, 0.2) is 5.16 Å². The number of carbonyl (C=O) groups is 1. The minimum atomic E-state index is -0.373. The summed E-state index contributed by atoms with van der Waals surface area (Å²) in [5, 5.41) is 12.7. The molecule has 0 spiro atoms. The Labute approximate surface area is 187 Å². The predicted molar refractivity (Wildman–Crippen MR) is 124 cm³/mol. The Morgan fingerprint density at radius 2 is 1.61 bits per heavy atom. The van der Waals surface area contributed by atoms with Crippen LogP contribution in [0.1, 0.15) is 42.9 Å². The van der Waals surface area contributed by atoms with Gasteiger partial charge >= 0.3 is 0 Å². The fourth-order valence-corrected chi connectivity index (χ4v) is 5.01. The Morgan fingerprint density at radius 3 is 2.29 bits per heavy atom. The molecule has 0 bridgehead atoms. The summed E-state index contributed by atoms with van der Waals surface area (Å²) in [7, 11) is 0. The Kier molecular flexibility index (Phi) is 5.93. The van der Waals surface area contributed by atoms with Crippen LogP contribution in [0, 0.1) is 0 Å². The number of para-hydroxylation sites is 1. The number of rotatable bonds is 7. The van der Waals surface area contributed by atoms with Crippen LogP contribution in [-0.2, 0) is 4.79 Å². The first-order valence-corrected chi connectivity index (χ1v) is 12.0. The lowest BCUT2D eigenvalue weighted by atomic mass is 10.1. The molecule has 0 unspecified atom stereocenters. The van der Waals surface area contributed by atoms with E-state index in [1.165, 1.54) is 31.0 Å². The van der Waals surface area contributed by atoms with Crippen molar-refractivity contribution in [2.24, 2.45) is 0 Å². The van der Waals surface area contributed by atoms with Crippen LogP contribution in [0.3, 0.4) is 0 Å². The predicted octanol–water partition coefficient (Wildman–Crippen LogP) is 4.37. The van der Waals surface area contributed by atoms with Crippen LogP contribution in [0.5, 0.6) is 0 Å². The number of amides is 1. The zero-order valence-corrected chi connectivity index (χ0v) is 18.3. The summed E-state index contributed by atoms with van der Waals surface area (Å²) in [6.07, 6.45) is 5.73. The van der Waals surface area contributed by atoms with Gasteiger partial charge in [-0.1, -0.05) is 60.3 Å². The first-order chi connectivity index (χ1) is 15.3. The van der Waals surface area contributed by atoms with Gasteiger partial charge in [0.25, 0.3) is 0 Å². The quantitative estimate of drug-likeness (QED) is 0.561. The molecule has 1 saturated carbocycles. The fourth-order valence-electron chi connectivity index (χ4n) is 3.95. The van der Waals surface area contributed by atoms with Crippen LogP contribution < -0.4 is 10.2 Å². The van der Waals surface area contributed by atoms with Crippen molar-refractivity contribution >= 4 is 23.6 Å². The van der Waals surface area contributed by atoms with Crippen molar-refractivity contribution in [3.05, 3.63) is 66.2 Å². The number of nitrogens with zero attached hydrogens (tertiary/aromatic N) is 4.